The molecule has 2 nitrogen and oxygen atoms in total. The number of hydrogen-bond acceptors (Lipinski definition) is 2. The lowest BCUT2D eigenvalue weighted by molar-refractivity contribution is 0.620. The summed E-state index contributed by atoms with van der Waals surface area (Å²) in [5.74, 6) is 0. The van der Waals surface area contributed by atoms with Gasteiger partial charge in [-0.2, -0.15) is 5.10 Å². The van der Waals surface area contributed by atoms with E-state index in [4.69, 9.17) is 0 Å². The van der Waals surface area contributed by atoms with Crippen LogP contribution in [0.3, 0.4) is 0 Å². The van der Waals surface area contributed by atoms with E-state index in [-0.39, 0.29) is 0 Å². The zero-order valence-electron chi connectivity index (χ0n) is 6.20. The Labute approximate surface area is 65.9 Å². The Bertz CT molecular complexity index is 246. The Hall–Kier alpha value is -1.31. The summed E-state index contributed by atoms with van der Waals surface area (Å²) in [6.45, 7) is 0. The normalized spacial score (nSPS) is 21.6. The van der Waals surface area contributed by atoms with Crippen molar-refractivity contribution in [2.45, 2.75) is 12.5 Å². The van der Waals surface area contributed by atoms with Crippen LogP contribution in [0.15, 0.2) is 35.4 Å². The maximum atomic E-state index is 3.97. The second kappa shape index (κ2) is 2.74. The average Bonchev–Trinajstić information content (AvgIpc) is 2.58. The van der Waals surface area contributed by atoms with Crippen LogP contribution in [0.4, 0.5) is 0 Å². The third kappa shape index (κ3) is 1.24. The van der Waals surface area contributed by atoms with E-state index in [9.17, 15) is 0 Å². The zero-order valence-corrected chi connectivity index (χ0v) is 6.20. The second-order valence-electron chi connectivity index (χ2n) is 2.64. The maximum absolute atomic E-state index is 3.97. The lowest BCUT2D eigenvalue weighted by Crippen LogP contribution is -2.08. The minimum absolute atomic E-state index is 0.399. The zero-order chi connectivity index (χ0) is 7.52. The Morgan fingerprint density at radius 2 is 2.09 bits per heavy atom. The van der Waals surface area contributed by atoms with Crippen LogP contribution in [-0.4, -0.2) is 6.21 Å². The molecule has 1 heterocycles. The van der Waals surface area contributed by atoms with E-state index in [0.29, 0.717) is 6.04 Å². The van der Waals surface area contributed by atoms with Crippen LogP contribution in [0.2, 0.25) is 0 Å². The quantitative estimate of drug-likeness (QED) is 0.640. The van der Waals surface area contributed by atoms with Crippen molar-refractivity contribution >= 4 is 6.21 Å². The van der Waals surface area contributed by atoms with E-state index in [1.807, 2.05) is 12.3 Å². The molecule has 0 spiro atoms. The monoisotopic (exact) mass is 146 g/mol. The molecule has 0 radical (unpaired) electrons. The summed E-state index contributed by atoms with van der Waals surface area (Å²) in [5, 5.41) is 3.97. The van der Waals surface area contributed by atoms with Gasteiger partial charge in [0.25, 0.3) is 0 Å². The van der Waals surface area contributed by atoms with Gasteiger partial charge in [0.1, 0.15) is 0 Å². The second-order valence-corrected chi connectivity index (χ2v) is 2.64. The molecule has 0 fully saturated rings. The fourth-order valence-electron chi connectivity index (χ4n) is 1.25. The van der Waals surface area contributed by atoms with Crippen molar-refractivity contribution < 1.29 is 0 Å². The van der Waals surface area contributed by atoms with Gasteiger partial charge in [0, 0.05) is 12.6 Å². The van der Waals surface area contributed by atoms with E-state index in [2.05, 4.69) is 34.8 Å². The summed E-state index contributed by atoms with van der Waals surface area (Å²) in [6.07, 6.45) is 2.92. The highest BCUT2D eigenvalue weighted by molar-refractivity contribution is 5.60. The van der Waals surface area contributed by atoms with Crippen molar-refractivity contribution in [2.75, 3.05) is 0 Å². The molecule has 1 aromatic carbocycles. The number of hydrogen-bond donors (Lipinski definition) is 1. The Morgan fingerprint density at radius 1 is 1.27 bits per heavy atom. The Kier molecular flexibility index (Phi) is 1.60. The molecule has 1 aromatic rings. The highest BCUT2D eigenvalue weighted by atomic mass is 15.3. The summed E-state index contributed by atoms with van der Waals surface area (Å²) in [4.78, 5) is 0. The Morgan fingerprint density at radius 3 is 2.73 bits per heavy atom. The van der Waals surface area contributed by atoms with Crippen LogP contribution in [0.1, 0.15) is 18.0 Å². The first kappa shape index (κ1) is 6.40. The molecule has 0 aliphatic carbocycles. The predicted octanol–water partition coefficient (Wildman–Crippen LogP) is 1.71. The molecule has 2 rings (SSSR count). The molecular formula is C9H10N2. The number of nitrogens with one attached hydrogen (secondary N) is 1. The van der Waals surface area contributed by atoms with Crippen molar-refractivity contribution in [2.24, 2.45) is 5.10 Å². The first-order valence-corrected chi connectivity index (χ1v) is 3.79. The molecule has 1 atom stereocenters. The van der Waals surface area contributed by atoms with E-state index in [0.717, 1.165) is 6.42 Å². The fraction of sp³-hybridized carbons (Fsp3) is 0.222. The number of nitrogens with zero attached hydrogens (tertiary/aromatic N) is 1. The van der Waals surface area contributed by atoms with Gasteiger partial charge in [0.2, 0.25) is 0 Å². The van der Waals surface area contributed by atoms with Gasteiger partial charge >= 0.3 is 0 Å². The lowest BCUT2D eigenvalue weighted by Gasteiger charge is -2.08. The number of benzene rings is 1. The smallest absolute Gasteiger partial charge is 0.0739 e. The van der Waals surface area contributed by atoms with Gasteiger partial charge in [-0.05, 0) is 5.56 Å². The molecule has 0 saturated heterocycles. The molecule has 2 heteroatoms. The first-order valence-electron chi connectivity index (χ1n) is 3.79. The van der Waals surface area contributed by atoms with E-state index in [1.165, 1.54) is 5.56 Å². The van der Waals surface area contributed by atoms with Crippen molar-refractivity contribution in [1.82, 2.24) is 5.43 Å². The highest BCUT2D eigenvalue weighted by Crippen LogP contribution is 2.17. The summed E-state index contributed by atoms with van der Waals surface area (Å²) < 4.78 is 0. The topological polar surface area (TPSA) is 24.4 Å². The van der Waals surface area contributed by atoms with Gasteiger partial charge in [-0.1, -0.05) is 30.3 Å². The van der Waals surface area contributed by atoms with Crippen LogP contribution >= 0.6 is 0 Å². The van der Waals surface area contributed by atoms with Crippen LogP contribution in [0, 0.1) is 0 Å². The molecule has 0 saturated carbocycles. The molecule has 1 aliphatic rings. The summed E-state index contributed by atoms with van der Waals surface area (Å²) >= 11 is 0. The summed E-state index contributed by atoms with van der Waals surface area (Å²) in [6, 6.07) is 10.8. The SMILES string of the molecule is C1=NN[C@@H](c2ccccc2)C1. The average molecular weight is 146 g/mol. The largest absolute Gasteiger partial charge is 0.303 e. The lowest BCUT2D eigenvalue weighted by atomic mass is 10.1. The van der Waals surface area contributed by atoms with E-state index < -0.39 is 0 Å². The number of rotatable bonds is 1. The van der Waals surface area contributed by atoms with Gasteiger partial charge in [-0.15, -0.1) is 0 Å². The Balaban J connectivity index is 2.17. The summed E-state index contributed by atoms with van der Waals surface area (Å²) in [7, 11) is 0. The van der Waals surface area contributed by atoms with Gasteiger partial charge in [0.15, 0.2) is 0 Å². The van der Waals surface area contributed by atoms with Crippen LogP contribution < -0.4 is 5.43 Å². The molecule has 11 heavy (non-hydrogen) atoms. The molecule has 56 valence electrons. The maximum Gasteiger partial charge on any atom is 0.0739 e. The fourth-order valence-corrected chi connectivity index (χ4v) is 1.25. The molecule has 1 N–H and O–H groups in total. The summed E-state index contributed by atoms with van der Waals surface area (Å²) in [5.41, 5.74) is 4.35. The minimum atomic E-state index is 0.399. The van der Waals surface area contributed by atoms with Crippen LogP contribution in [0.25, 0.3) is 0 Å². The molecular weight excluding hydrogens is 136 g/mol. The van der Waals surface area contributed by atoms with Gasteiger partial charge in [0.05, 0.1) is 6.04 Å². The van der Waals surface area contributed by atoms with Crippen molar-refractivity contribution in [3.05, 3.63) is 35.9 Å². The molecule has 0 amide bonds. The van der Waals surface area contributed by atoms with E-state index >= 15 is 0 Å². The molecule has 1 aliphatic heterocycles. The number of hydrazone groups is 1. The third-order valence-corrected chi connectivity index (χ3v) is 1.86. The molecule has 0 bridgehead atoms. The van der Waals surface area contributed by atoms with Gasteiger partial charge in [-0.3, -0.25) is 0 Å². The van der Waals surface area contributed by atoms with Crippen molar-refractivity contribution in [3.63, 3.8) is 0 Å². The van der Waals surface area contributed by atoms with Crippen LogP contribution in [-0.2, 0) is 0 Å². The van der Waals surface area contributed by atoms with Crippen molar-refractivity contribution in [3.8, 4) is 0 Å². The van der Waals surface area contributed by atoms with E-state index in [1.54, 1.807) is 0 Å². The van der Waals surface area contributed by atoms with Gasteiger partial charge < -0.3 is 5.43 Å². The van der Waals surface area contributed by atoms with Crippen LogP contribution in [0.5, 0.6) is 0 Å². The minimum Gasteiger partial charge on any atom is -0.303 e. The van der Waals surface area contributed by atoms with Gasteiger partial charge in [-0.25, -0.2) is 0 Å². The van der Waals surface area contributed by atoms with Crippen molar-refractivity contribution in [1.29, 1.82) is 0 Å². The standard InChI is InChI=1S/C9H10N2/c1-2-4-8(5-3-1)9-6-7-10-11-9/h1-5,7,9,11H,6H2/t9-/m1/s1. The molecule has 0 unspecified atom stereocenters. The predicted molar refractivity (Wildman–Crippen MR) is 45.4 cm³/mol. The third-order valence-electron chi connectivity index (χ3n) is 1.86. The first-order chi connectivity index (χ1) is 5.47. The highest BCUT2D eigenvalue weighted by Gasteiger charge is 2.11. The molecule has 0 aromatic heterocycles.